The Morgan fingerprint density at radius 2 is 1.93 bits per heavy atom. The maximum Gasteiger partial charge on any atom is 0.338 e. The van der Waals surface area contributed by atoms with Gasteiger partial charge >= 0.3 is 5.97 Å². The van der Waals surface area contributed by atoms with Crippen LogP contribution in [0.1, 0.15) is 32.5 Å². The van der Waals surface area contributed by atoms with Gasteiger partial charge in [-0.05, 0) is 55.8 Å². The van der Waals surface area contributed by atoms with Gasteiger partial charge in [0.1, 0.15) is 4.83 Å². The van der Waals surface area contributed by atoms with Crippen molar-refractivity contribution in [1.29, 1.82) is 0 Å². The molecule has 6 heteroatoms. The fourth-order valence-corrected chi connectivity index (χ4v) is 3.90. The predicted molar refractivity (Wildman–Crippen MR) is 112 cm³/mol. The first-order valence-corrected chi connectivity index (χ1v) is 9.74. The van der Waals surface area contributed by atoms with Crippen molar-refractivity contribution in [3.8, 4) is 0 Å². The van der Waals surface area contributed by atoms with Gasteiger partial charge in [-0.3, -0.25) is 4.79 Å². The van der Waals surface area contributed by atoms with Crippen molar-refractivity contribution >= 4 is 50.0 Å². The van der Waals surface area contributed by atoms with E-state index in [9.17, 15) is 9.59 Å². The van der Waals surface area contributed by atoms with Crippen molar-refractivity contribution in [2.75, 3.05) is 11.9 Å². The fraction of sp³-hybridized carbons (Fsp3) is 0.136. The van der Waals surface area contributed by atoms with Crippen LogP contribution in [0.4, 0.5) is 5.69 Å². The van der Waals surface area contributed by atoms with E-state index < -0.39 is 5.97 Å². The zero-order chi connectivity index (χ0) is 19.7. The number of ether oxygens (including phenoxy) is 1. The van der Waals surface area contributed by atoms with Crippen LogP contribution in [0.3, 0.4) is 0 Å². The summed E-state index contributed by atoms with van der Waals surface area (Å²) in [7, 11) is 0. The van der Waals surface area contributed by atoms with E-state index in [1.165, 1.54) is 11.3 Å². The Balaban J connectivity index is 1.61. The zero-order valence-electron chi connectivity index (χ0n) is 15.5. The Hall–Kier alpha value is -3.25. The molecule has 0 unspecified atom stereocenters. The molecule has 1 N–H and O–H groups in total. The van der Waals surface area contributed by atoms with Crippen LogP contribution in [0.2, 0.25) is 0 Å². The molecule has 2 heterocycles. The molecule has 0 fully saturated rings. The average molecular weight is 390 g/mol. The van der Waals surface area contributed by atoms with Gasteiger partial charge in [-0.25, -0.2) is 9.78 Å². The summed E-state index contributed by atoms with van der Waals surface area (Å²) in [6, 6.07) is 16.7. The summed E-state index contributed by atoms with van der Waals surface area (Å²) < 4.78 is 5.00. The number of aromatic nitrogens is 1. The Morgan fingerprint density at radius 3 is 2.75 bits per heavy atom. The molecule has 4 rings (SSSR count). The summed E-state index contributed by atoms with van der Waals surface area (Å²) >= 11 is 1.35. The second-order valence-electron chi connectivity index (χ2n) is 6.44. The minimum absolute atomic E-state index is 0.232. The zero-order valence-corrected chi connectivity index (χ0v) is 16.3. The van der Waals surface area contributed by atoms with Crippen LogP contribution in [0, 0.1) is 6.92 Å². The molecule has 0 saturated carbocycles. The summed E-state index contributed by atoms with van der Waals surface area (Å²) in [4.78, 5) is 30.6. The molecular formula is C22H18N2O3S. The topological polar surface area (TPSA) is 68.3 Å². The van der Waals surface area contributed by atoms with Crippen molar-refractivity contribution in [2.45, 2.75) is 13.8 Å². The lowest BCUT2D eigenvalue weighted by Gasteiger charge is -2.06. The molecule has 0 spiro atoms. The number of nitrogens with one attached hydrogen (secondary N) is 1. The number of aryl methyl sites for hydroxylation is 1. The Kier molecular flexibility index (Phi) is 4.79. The highest BCUT2D eigenvalue weighted by atomic mass is 32.1. The smallest absolute Gasteiger partial charge is 0.338 e. The summed E-state index contributed by atoms with van der Waals surface area (Å²) in [5, 5.41) is 4.83. The first kappa shape index (κ1) is 18.1. The highest BCUT2D eigenvalue weighted by Gasteiger charge is 2.14. The first-order valence-electron chi connectivity index (χ1n) is 8.93. The number of anilines is 1. The van der Waals surface area contributed by atoms with Crippen molar-refractivity contribution in [3.05, 3.63) is 70.6 Å². The average Bonchev–Trinajstić information content (AvgIpc) is 3.09. The number of carbonyl (C=O) groups excluding carboxylic acids is 2. The number of thiophene rings is 1. The number of amides is 1. The van der Waals surface area contributed by atoms with Crippen LogP contribution in [0.25, 0.3) is 21.1 Å². The molecule has 5 nitrogen and oxygen atoms in total. The van der Waals surface area contributed by atoms with Crippen LogP contribution in [0.5, 0.6) is 0 Å². The highest BCUT2D eigenvalue weighted by Crippen LogP contribution is 2.28. The number of carbonyl (C=O) groups is 2. The van der Waals surface area contributed by atoms with Gasteiger partial charge in [0.2, 0.25) is 0 Å². The van der Waals surface area contributed by atoms with Gasteiger partial charge in [0.15, 0.2) is 0 Å². The lowest BCUT2D eigenvalue weighted by Crippen LogP contribution is -2.11. The van der Waals surface area contributed by atoms with E-state index in [0.717, 1.165) is 26.7 Å². The van der Waals surface area contributed by atoms with Gasteiger partial charge in [-0.2, -0.15) is 0 Å². The second kappa shape index (κ2) is 7.40. The second-order valence-corrected chi connectivity index (χ2v) is 7.48. The van der Waals surface area contributed by atoms with Crippen molar-refractivity contribution in [3.63, 3.8) is 0 Å². The number of esters is 1. The van der Waals surface area contributed by atoms with Crippen molar-refractivity contribution < 1.29 is 14.3 Å². The number of benzene rings is 2. The lowest BCUT2D eigenvalue weighted by molar-refractivity contribution is 0.0526. The molecule has 4 aromatic rings. The first-order chi connectivity index (χ1) is 13.5. The molecule has 140 valence electrons. The number of hydrogen-bond donors (Lipinski definition) is 1. The molecule has 0 radical (unpaired) electrons. The largest absolute Gasteiger partial charge is 0.462 e. The third kappa shape index (κ3) is 3.59. The van der Waals surface area contributed by atoms with Crippen molar-refractivity contribution in [1.82, 2.24) is 4.98 Å². The van der Waals surface area contributed by atoms with E-state index in [-0.39, 0.29) is 5.91 Å². The van der Waals surface area contributed by atoms with E-state index >= 15 is 0 Å². The van der Waals surface area contributed by atoms with Gasteiger partial charge in [0.05, 0.1) is 22.6 Å². The molecule has 0 aliphatic heterocycles. The Morgan fingerprint density at radius 1 is 1.07 bits per heavy atom. The summed E-state index contributed by atoms with van der Waals surface area (Å²) in [6.45, 7) is 4.09. The highest BCUT2D eigenvalue weighted by molar-refractivity contribution is 7.20. The quantitative estimate of drug-likeness (QED) is 0.487. The molecule has 2 aromatic carbocycles. The summed E-state index contributed by atoms with van der Waals surface area (Å²) in [5.74, 6) is -0.643. The molecule has 28 heavy (non-hydrogen) atoms. The normalized spacial score (nSPS) is 10.9. The standard InChI is InChI=1S/C22H18N2O3S/c1-3-27-22(26)15-5-4-6-17(11-15)23-20(25)19-12-16-10-14-8-7-13(2)9-18(14)24-21(16)28-19/h4-12H,3H2,1-2H3,(H,23,25). The van der Waals surface area contributed by atoms with E-state index in [1.54, 1.807) is 31.2 Å². The van der Waals surface area contributed by atoms with E-state index in [1.807, 2.05) is 37.3 Å². The lowest BCUT2D eigenvalue weighted by atomic mass is 10.1. The number of fused-ring (bicyclic) bond motifs is 2. The van der Waals surface area contributed by atoms with Crippen LogP contribution < -0.4 is 5.32 Å². The van der Waals surface area contributed by atoms with Crippen molar-refractivity contribution in [2.24, 2.45) is 0 Å². The predicted octanol–water partition coefficient (Wildman–Crippen LogP) is 5.19. The van der Waals surface area contributed by atoms with Gasteiger partial charge in [0, 0.05) is 16.5 Å². The molecule has 0 atom stereocenters. The summed E-state index contributed by atoms with van der Waals surface area (Å²) in [6.07, 6.45) is 0. The van der Waals surface area contributed by atoms with Gasteiger partial charge in [-0.15, -0.1) is 11.3 Å². The minimum Gasteiger partial charge on any atom is -0.462 e. The SMILES string of the molecule is CCOC(=O)c1cccc(NC(=O)c2cc3cc4ccc(C)cc4nc3s2)c1. The Bertz CT molecular complexity index is 1210. The van der Waals surface area contributed by atoms with Gasteiger partial charge < -0.3 is 10.1 Å². The number of pyridine rings is 1. The summed E-state index contributed by atoms with van der Waals surface area (Å²) in [5.41, 5.74) is 3.01. The molecule has 1 amide bonds. The maximum absolute atomic E-state index is 12.7. The fourth-order valence-electron chi connectivity index (χ4n) is 2.98. The minimum atomic E-state index is -0.411. The van der Waals surface area contributed by atoms with Crippen LogP contribution >= 0.6 is 11.3 Å². The molecular weight excluding hydrogens is 372 g/mol. The third-order valence-electron chi connectivity index (χ3n) is 4.31. The molecule has 0 aliphatic rings. The number of nitrogens with zero attached hydrogens (tertiary/aromatic N) is 1. The Labute approximate surface area is 166 Å². The van der Waals surface area contributed by atoms with Gasteiger partial charge in [0.25, 0.3) is 5.91 Å². The maximum atomic E-state index is 12.7. The number of rotatable bonds is 4. The monoisotopic (exact) mass is 390 g/mol. The third-order valence-corrected chi connectivity index (χ3v) is 5.36. The molecule has 2 aromatic heterocycles. The van der Waals surface area contributed by atoms with Crippen LogP contribution in [-0.2, 0) is 4.74 Å². The van der Waals surface area contributed by atoms with E-state index in [0.29, 0.717) is 22.7 Å². The number of hydrogen-bond acceptors (Lipinski definition) is 5. The molecule has 0 saturated heterocycles. The van der Waals surface area contributed by atoms with Crippen LogP contribution in [-0.4, -0.2) is 23.5 Å². The van der Waals surface area contributed by atoms with E-state index in [4.69, 9.17) is 4.74 Å². The van der Waals surface area contributed by atoms with E-state index in [2.05, 4.69) is 10.3 Å². The van der Waals surface area contributed by atoms with Gasteiger partial charge in [-0.1, -0.05) is 18.2 Å². The molecule has 0 bridgehead atoms. The van der Waals surface area contributed by atoms with Crippen LogP contribution in [0.15, 0.2) is 54.6 Å². The molecule has 0 aliphatic carbocycles.